The maximum absolute atomic E-state index is 13.9. The first-order chi connectivity index (χ1) is 20.7. The van der Waals surface area contributed by atoms with Crippen molar-refractivity contribution in [2.75, 3.05) is 36.1 Å². The lowest BCUT2D eigenvalue weighted by molar-refractivity contribution is -0.135. The van der Waals surface area contributed by atoms with Crippen LogP contribution in [0.1, 0.15) is 28.8 Å². The number of carbonyl (C=O) groups excluding carboxylic acids is 5. The van der Waals surface area contributed by atoms with Gasteiger partial charge in [-0.2, -0.15) is 0 Å². The molecule has 1 fully saturated rings. The highest BCUT2D eigenvalue weighted by Gasteiger charge is 2.49. The summed E-state index contributed by atoms with van der Waals surface area (Å²) in [5.74, 6) is -1.42. The monoisotopic (exact) mass is 606 g/mol. The van der Waals surface area contributed by atoms with Crippen LogP contribution in [-0.2, 0) is 24.7 Å². The first-order valence-corrected chi connectivity index (χ1v) is 13.6. The van der Waals surface area contributed by atoms with E-state index in [0.29, 0.717) is 22.0 Å². The summed E-state index contributed by atoms with van der Waals surface area (Å²) in [4.78, 5) is 69.4. The molecule has 1 aromatic heterocycles. The number of fused-ring (bicyclic) bond motifs is 2. The minimum absolute atomic E-state index is 0.00524. The Morgan fingerprint density at radius 3 is 2.63 bits per heavy atom. The van der Waals surface area contributed by atoms with Crippen molar-refractivity contribution < 1.29 is 33.4 Å². The SMILES string of the molecule is COC(=O)Nc1ccc(C(=O)N[C@@H](CC(=O)Nc2ccccn2)C(=O)N2CC[C@@]3(C2)OC(=O)Nc2ccc(Cl)cc23)cc1. The number of rotatable bonds is 7. The van der Waals surface area contributed by atoms with Gasteiger partial charge >= 0.3 is 12.2 Å². The fraction of sp³-hybridized carbons (Fsp3) is 0.241. The third kappa shape index (κ3) is 6.67. The van der Waals surface area contributed by atoms with Crippen molar-refractivity contribution in [3.8, 4) is 0 Å². The second kappa shape index (κ2) is 12.4. The van der Waals surface area contributed by atoms with Crippen molar-refractivity contribution in [3.63, 3.8) is 0 Å². The predicted molar refractivity (Wildman–Crippen MR) is 156 cm³/mol. The molecule has 5 rings (SSSR count). The quantitative estimate of drug-likeness (QED) is 0.315. The molecule has 0 bridgehead atoms. The van der Waals surface area contributed by atoms with Crippen LogP contribution in [0.5, 0.6) is 0 Å². The minimum Gasteiger partial charge on any atom is -0.453 e. The van der Waals surface area contributed by atoms with Crippen LogP contribution in [0.3, 0.4) is 0 Å². The van der Waals surface area contributed by atoms with E-state index in [0.717, 1.165) is 0 Å². The van der Waals surface area contributed by atoms with Gasteiger partial charge in [-0.05, 0) is 54.6 Å². The zero-order valence-electron chi connectivity index (χ0n) is 22.9. The molecule has 14 heteroatoms. The van der Waals surface area contributed by atoms with Gasteiger partial charge in [0.15, 0.2) is 5.60 Å². The van der Waals surface area contributed by atoms with Crippen LogP contribution in [0.4, 0.5) is 26.8 Å². The first kappa shape index (κ1) is 29.3. The summed E-state index contributed by atoms with van der Waals surface area (Å²) in [5, 5.41) is 10.9. The van der Waals surface area contributed by atoms with Gasteiger partial charge in [-0.25, -0.2) is 14.6 Å². The highest BCUT2D eigenvalue weighted by Crippen LogP contribution is 2.43. The van der Waals surface area contributed by atoms with Gasteiger partial charge in [0, 0.05) is 41.0 Å². The van der Waals surface area contributed by atoms with Crippen LogP contribution >= 0.6 is 11.6 Å². The molecule has 3 heterocycles. The van der Waals surface area contributed by atoms with Crippen molar-refractivity contribution >= 4 is 58.7 Å². The van der Waals surface area contributed by atoms with Gasteiger partial charge in [-0.3, -0.25) is 25.0 Å². The van der Waals surface area contributed by atoms with E-state index in [-0.39, 0.29) is 30.9 Å². The predicted octanol–water partition coefficient (Wildman–Crippen LogP) is 3.73. The third-order valence-corrected chi connectivity index (χ3v) is 7.28. The second-order valence-corrected chi connectivity index (χ2v) is 10.3. The molecular formula is C29H27ClN6O7. The van der Waals surface area contributed by atoms with Crippen molar-refractivity contribution in [2.24, 2.45) is 0 Å². The molecule has 0 radical (unpaired) electrons. The lowest BCUT2D eigenvalue weighted by Gasteiger charge is -2.35. The number of nitrogens with zero attached hydrogens (tertiary/aromatic N) is 2. The summed E-state index contributed by atoms with van der Waals surface area (Å²) < 4.78 is 10.3. The van der Waals surface area contributed by atoms with Crippen LogP contribution in [0, 0.1) is 0 Å². The average Bonchev–Trinajstić information content (AvgIpc) is 3.41. The number of methoxy groups -OCH3 is 1. The van der Waals surface area contributed by atoms with Crippen LogP contribution in [0.25, 0.3) is 0 Å². The number of nitrogens with one attached hydrogen (secondary N) is 4. The Morgan fingerprint density at radius 1 is 1.12 bits per heavy atom. The van der Waals surface area contributed by atoms with Crippen LogP contribution in [0.15, 0.2) is 66.9 Å². The fourth-order valence-electron chi connectivity index (χ4n) is 5.00. The van der Waals surface area contributed by atoms with Crippen LogP contribution < -0.4 is 21.3 Å². The highest BCUT2D eigenvalue weighted by atomic mass is 35.5. The summed E-state index contributed by atoms with van der Waals surface area (Å²) in [7, 11) is 1.23. The highest BCUT2D eigenvalue weighted by molar-refractivity contribution is 6.30. The molecule has 1 spiro atoms. The number of ether oxygens (including phenoxy) is 2. The molecule has 2 aromatic carbocycles. The summed E-state index contributed by atoms with van der Waals surface area (Å²) in [6.07, 6.45) is 0.0707. The maximum Gasteiger partial charge on any atom is 0.412 e. The van der Waals surface area contributed by atoms with E-state index in [1.54, 1.807) is 36.4 Å². The lowest BCUT2D eigenvalue weighted by atomic mass is 9.90. The molecular weight excluding hydrogens is 580 g/mol. The van der Waals surface area contributed by atoms with E-state index < -0.39 is 48.0 Å². The van der Waals surface area contributed by atoms with Gasteiger partial charge in [0.25, 0.3) is 5.91 Å². The number of halogens is 1. The van der Waals surface area contributed by atoms with Crippen molar-refractivity contribution in [2.45, 2.75) is 24.5 Å². The number of benzene rings is 2. The topological polar surface area (TPSA) is 168 Å². The van der Waals surface area contributed by atoms with E-state index in [1.165, 1.54) is 42.5 Å². The van der Waals surface area contributed by atoms with E-state index in [2.05, 4.69) is 31.0 Å². The summed E-state index contributed by atoms with van der Waals surface area (Å²) >= 11 is 6.23. The molecule has 0 saturated carbocycles. The number of aromatic nitrogens is 1. The largest absolute Gasteiger partial charge is 0.453 e. The third-order valence-electron chi connectivity index (χ3n) is 7.04. The molecule has 43 heavy (non-hydrogen) atoms. The molecule has 0 aliphatic carbocycles. The van der Waals surface area contributed by atoms with Crippen LogP contribution in [0.2, 0.25) is 5.02 Å². The fourth-order valence-corrected chi connectivity index (χ4v) is 5.17. The van der Waals surface area contributed by atoms with Gasteiger partial charge in [0.05, 0.1) is 25.8 Å². The van der Waals surface area contributed by atoms with Crippen molar-refractivity contribution in [1.82, 2.24) is 15.2 Å². The van der Waals surface area contributed by atoms with Gasteiger partial charge in [0.1, 0.15) is 11.9 Å². The molecule has 2 aliphatic heterocycles. The zero-order valence-corrected chi connectivity index (χ0v) is 23.6. The number of hydrogen-bond donors (Lipinski definition) is 4. The number of amides is 5. The molecule has 222 valence electrons. The second-order valence-electron chi connectivity index (χ2n) is 9.90. The maximum atomic E-state index is 13.9. The number of likely N-dealkylation sites (tertiary alicyclic amines) is 1. The Labute approximate surface area is 250 Å². The van der Waals surface area contributed by atoms with Crippen molar-refractivity contribution in [3.05, 3.63) is 83.0 Å². The Balaban J connectivity index is 1.35. The van der Waals surface area contributed by atoms with Gasteiger partial charge < -0.3 is 25.0 Å². The lowest BCUT2D eigenvalue weighted by Crippen LogP contribution is -2.51. The van der Waals surface area contributed by atoms with Crippen molar-refractivity contribution in [1.29, 1.82) is 0 Å². The Kier molecular flexibility index (Phi) is 8.44. The number of anilines is 3. The van der Waals surface area contributed by atoms with Gasteiger partial charge in [0.2, 0.25) is 11.8 Å². The minimum atomic E-state index is -1.27. The Morgan fingerprint density at radius 2 is 1.91 bits per heavy atom. The molecule has 2 aliphatic rings. The number of hydrogen-bond acceptors (Lipinski definition) is 8. The average molecular weight is 607 g/mol. The van der Waals surface area contributed by atoms with Gasteiger partial charge in [-0.1, -0.05) is 17.7 Å². The number of carbonyl (C=O) groups is 5. The van der Waals surface area contributed by atoms with E-state index in [9.17, 15) is 24.0 Å². The summed E-state index contributed by atoms with van der Waals surface area (Å²) in [6, 6.07) is 14.6. The van der Waals surface area contributed by atoms with Gasteiger partial charge in [-0.15, -0.1) is 0 Å². The molecule has 4 N–H and O–H groups in total. The molecule has 5 amide bonds. The van der Waals surface area contributed by atoms with E-state index in [4.69, 9.17) is 16.3 Å². The molecule has 1 saturated heterocycles. The van der Waals surface area contributed by atoms with E-state index >= 15 is 0 Å². The normalized spacial score (nSPS) is 17.6. The summed E-state index contributed by atoms with van der Waals surface area (Å²) in [6.45, 7) is 0.189. The Hall–Kier alpha value is -5.17. The standard InChI is InChI=1S/C29H27ClN6O7/c1-42-27(40)32-19-8-5-17(6-9-19)25(38)33-22(15-24(37)35-23-4-2-3-12-31-23)26(39)36-13-11-29(16-36)20-14-18(30)7-10-21(20)34-28(41)43-29/h2-10,12,14,22H,11,13,15-16H2,1H3,(H,32,40)(H,33,38)(H,34,41)(H,31,35,37)/t22-,29-/m0/s1. The molecule has 0 unspecified atom stereocenters. The van der Waals surface area contributed by atoms with E-state index in [1.807, 2.05) is 0 Å². The number of pyridine rings is 1. The smallest absolute Gasteiger partial charge is 0.412 e. The molecule has 2 atom stereocenters. The Bertz CT molecular complexity index is 1570. The zero-order chi connectivity index (χ0) is 30.6. The van der Waals surface area contributed by atoms with Crippen LogP contribution in [-0.4, -0.2) is 66.0 Å². The molecule has 13 nitrogen and oxygen atoms in total. The first-order valence-electron chi connectivity index (χ1n) is 13.2. The summed E-state index contributed by atoms with van der Waals surface area (Å²) in [5.41, 5.74) is 0.590. The molecule has 3 aromatic rings.